The van der Waals surface area contributed by atoms with E-state index in [2.05, 4.69) is 4.90 Å². The molecule has 0 bridgehead atoms. The summed E-state index contributed by atoms with van der Waals surface area (Å²) >= 11 is 0. The van der Waals surface area contributed by atoms with Gasteiger partial charge in [-0.05, 0) is 44.4 Å². The third-order valence-electron chi connectivity index (χ3n) is 7.22. The fraction of sp³-hybridized carbons (Fsp3) is 0.952. The van der Waals surface area contributed by atoms with Crippen LogP contribution in [0.3, 0.4) is 0 Å². The molecule has 4 fully saturated rings. The second-order valence-electron chi connectivity index (χ2n) is 8.92. The minimum absolute atomic E-state index is 0.0549. The summed E-state index contributed by atoms with van der Waals surface area (Å²) in [6.45, 7) is 6.14. The number of rotatable bonds is 3. The maximum Gasteiger partial charge on any atom is 0.223 e. The lowest BCUT2D eigenvalue weighted by Gasteiger charge is -2.48. The van der Waals surface area contributed by atoms with E-state index >= 15 is 0 Å². The highest BCUT2D eigenvalue weighted by atomic mass is 16.5. The fourth-order valence-corrected chi connectivity index (χ4v) is 5.58. The number of hydrogen-bond donors (Lipinski definition) is 0. The molecule has 0 aromatic rings. The molecular formula is C21H36N2O3. The summed E-state index contributed by atoms with van der Waals surface area (Å²) in [5.41, 5.74) is 0.0549. The normalized spacial score (nSPS) is 31.2. The first-order valence-corrected chi connectivity index (χ1v) is 11.0. The molecule has 5 nitrogen and oxygen atoms in total. The van der Waals surface area contributed by atoms with Crippen LogP contribution in [0.5, 0.6) is 0 Å². The van der Waals surface area contributed by atoms with Gasteiger partial charge in [-0.25, -0.2) is 0 Å². The smallest absolute Gasteiger partial charge is 0.223 e. The number of carbonyl (C=O) groups is 1. The monoisotopic (exact) mass is 364 g/mol. The van der Waals surface area contributed by atoms with Crippen molar-refractivity contribution in [1.29, 1.82) is 0 Å². The molecule has 4 aliphatic rings. The molecule has 3 heterocycles. The van der Waals surface area contributed by atoms with Crippen molar-refractivity contribution in [3.63, 3.8) is 0 Å². The molecule has 3 saturated heterocycles. The topological polar surface area (TPSA) is 42.0 Å². The van der Waals surface area contributed by atoms with Crippen molar-refractivity contribution in [1.82, 2.24) is 9.80 Å². The lowest BCUT2D eigenvalue weighted by atomic mass is 9.77. The second-order valence-corrected chi connectivity index (χ2v) is 8.92. The Labute approximate surface area is 158 Å². The number of nitrogens with zero attached hydrogens (tertiary/aromatic N) is 2. The lowest BCUT2D eigenvalue weighted by Crippen LogP contribution is -2.52. The van der Waals surface area contributed by atoms with E-state index in [1.54, 1.807) is 0 Å². The molecule has 1 atom stereocenters. The first kappa shape index (κ1) is 18.7. The van der Waals surface area contributed by atoms with Crippen LogP contribution in [0, 0.1) is 5.92 Å². The molecule has 1 amide bonds. The maximum absolute atomic E-state index is 12.6. The summed E-state index contributed by atoms with van der Waals surface area (Å²) < 4.78 is 11.7. The standard InChI is InChI=1S/C21H36N2O3/c24-20(23-11-14-25-15-12-23)16-18-6-13-26-21(17-18)7-9-22(10-8-21)19-4-2-1-3-5-19/h18-19H,1-17H2. The Bertz CT molecular complexity index is 464. The number of piperidine rings is 1. The summed E-state index contributed by atoms with van der Waals surface area (Å²) in [5, 5.41) is 0. The average Bonchev–Trinajstić information content (AvgIpc) is 2.70. The van der Waals surface area contributed by atoms with Gasteiger partial charge in [0, 0.05) is 45.2 Å². The van der Waals surface area contributed by atoms with Gasteiger partial charge in [-0.1, -0.05) is 19.3 Å². The largest absolute Gasteiger partial charge is 0.378 e. The van der Waals surface area contributed by atoms with Gasteiger partial charge >= 0.3 is 0 Å². The zero-order valence-electron chi connectivity index (χ0n) is 16.3. The van der Waals surface area contributed by atoms with Crippen molar-refractivity contribution in [2.45, 2.75) is 75.9 Å². The van der Waals surface area contributed by atoms with E-state index in [-0.39, 0.29) is 5.60 Å². The van der Waals surface area contributed by atoms with E-state index in [0.29, 0.717) is 31.5 Å². The van der Waals surface area contributed by atoms with Crippen molar-refractivity contribution in [3.05, 3.63) is 0 Å². The number of likely N-dealkylation sites (tertiary alicyclic amines) is 1. The van der Waals surface area contributed by atoms with Gasteiger partial charge in [0.2, 0.25) is 5.91 Å². The maximum atomic E-state index is 12.6. The third kappa shape index (κ3) is 4.42. The van der Waals surface area contributed by atoms with Crippen LogP contribution in [0.25, 0.3) is 0 Å². The SMILES string of the molecule is O=C(CC1CCOC2(CCN(C3CCCCC3)CC2)C1)N1CCOCC1. The van der Waals surface area contributed by atoms with E-state index in [9.17, 15) is 4.79 Å². The molecule has 1 aliphatic carbocycles. The summed E-state index contributed by atoms with van der Waals surface area (Å²) in [6, 6.07) is 0.823. The highest BCUT2D eigenvalue weighted by Gasteiger charge is 2.42. The molecule has 0 aromatic carbocycles. The predicted octanol–water partition coefficient (Wildman–Crippen LogP) is 2.83. The second kappa shape index (κ2) is 8.57. The van der Waals surface area contributed by atoms with E-state index in [0.717, 1.165) is 51.4 Å². The van der Waals surface area contributed by atoms with Crippen molar-refractivity contribution < 1.29 is 14.3 Å². The van der Waals surface area contributed by atoms with Crippen molar-refractivity contribution in [3.8, 4) is 0 Å². The highest BCUT2D eigenvalue weighted by molar-refractivity contribution is 5.76. The molecule has 1 spiro atoms. The van der Waals surface area contributed by atoms with Gasteiger partial charge in [-0.2, -0.15) is 0 Å². The van der Waals surface area contributed by atoms with Crippen LogP contribution in [0.15, 0.2) is 0 Å². The quantitative estimate of drug-likeness (QED) is 0.772. The van der Waals surface area contributed by atoms with Gasteiger partial charge in [0.05, 0.1) is 18.8 Å². The van der Waals surface area contributed by atoms with Crippen LogP contribution in [-0.4, -0.2) is 73.3 Å². The molecule has 5 heteroatoms. The molecule has 26 heavy (non-hydrogen) atoms. The van der Waals surface area contributed by atoms with Crippen molar-refractivity contribution in [2.24, 2.45) is 5.92 Å². The minimum atomic E-state index is 0.0549. The Balaban J connectivity index is 1.27. The number of hydrogen-bond acceptors (Lipinski definition) is 4. The summed E-state index contributed by atoms with van der Waals surface area (Å²) in [5.74, 6) is 0.829. The van der Waals surface area contributed by atoms with Crippen LogP contribution in [0.4, 0.5) is 0 Å². The van der Waals surface area contributed by atoms with Crippen LogP contribution in [-0.2, 0) is 14.3 Å². The van der Waals surface area contributed by atoms with E-state index in [1.165, 1.54) is 45.2 Å². The Morgan fingerprint density at radius 3 is 2.38 bits per heavy atom. The third-order valence-corrected chi connectivity index (χ3v) is 7.22. The molecule has 1 saturated carbocycles. The summed E-state index contributed by atoms with van der Waals surface area (Å²) in [7, 11) is 0. The molecule has 4 rings (SSSR count). The first-order chi connectivity index (χ1) is 12.7. The van der Waals surface area contributed by atoms with Crippen LogP contribution in [0.1, 0.15) is 64.2 Å². The molecule has 0 radical (unpaired) electrons. The zero-order valence-corrected chi connectivity index (χ0v) is 16.3. The van der Waals surface area contributed by atoms with Gasteiger partial charge < -0.3 is 19.3 Å². The summed E-state index contributed by atoms with van der Waals surface area (Å²) in [4.78, 5) is 17.3. The van der Waals surface area contributed by atoms with E-state index in [1.807, 2.05) is 4.90 Å². The van der Waals surface area contributed by atoms with Crippen molar-refractivity contribution in [2.75, 3.05) is 46.0 Å². The van der Waals surface area contributed by atoms with Gasteiger partial charge in [0.1, 0.15) is 0 Å². The average molecular weight is 365 g/mol. The van der Waals surface area contributed by atoms with Crippen LogP contribution in [0.2, 0.25) is 0 Å². The predicted molar refractivity (Wildman–Crippen MR) is 101 cm³/mol. The van der Waals surface area contributed by atoms with E-state index in [4.69, 9.17) is 9.47 Å². The number of ether oxygens (including phenoxy) is 2. The zero-order chi connectivity index (χ0) is 17.8. The Morgan fingerprint density at radius 2 is 1.65 bits per heavy atom. The van der Waals surface area contributed by atoms with Gasteiger partial charge in [0.15, 0.2) is 0 Å². The molecule has 0 aromatic heterocycles. The molecule has 3 aliphatic heterocycles. The highest BCUT2D eigenvalue weighted by Crippen LogP contribution is 2.40. The van der Waals surface area contributed by atoms with Crippen LogP contribution >= 0.6 is 0 Å². The Morgan fingerprint density at radius 1 is 0.923 bits per heavy atom. The summed E-state index contributed by atoms with van der Waals surface area (Å²) in [6.07, 6.45) is 12.2. The lowest BCUT2D eigenvalue weighted by molar-refractivity contribution is -0.146. The van der Waals surface area contributed by atoms with Crippen LogP contribution < -0.4 is 0 Å². The van der Waals surface area contributed by atoms with E-state index < -0.39 is 0 Å². The van der Waals surface area contributed by atoms with Gasteiger partial charge in [-0.3, -0.25) is 4.79 Å². The molecular weight excluding hydrogens is 328 g/mol. The molecule has 1 unspecified atom stereocenters. The fourth-order valence-electron chi connectivity index (χ4n) is 5.58. The first-order valence-electron chi connectivity index (χ1n) is 11.0. The van der Waals surface area contributed by atoms with Gasteiger partial charge in [0.25, 0.3) is 0 Å². The molecule has 148 valence electrons. The number of morpholine rings is 1. The number of carbonyl (C=O) groups excluding carboxylic acids is 1. The van der Waals surface area contributed by atoms with Crippen molar-refractivity contribution >= 4 is 5.91 Å². The van der Waals surface area contributed by atoms with Gasteiger partial charge in [-0.15, -0.1) is 0 Å². The Kier molecular flexibility index (Phi) is 6.17. The molecule has 0 N–H and O–H groups in total. The Hall–Kier alpha value is -0.650. The minimum Gasteiger partial charge on any atom is -0.378 e. The number of amides is 1.